The molecular weight excluding hydrogens is 842 g/mol. The number of nitrogens with one attached hydrogen (secondary N) is 1. The molecule has 2 amide bonds. The summed E-state index contributed by atoms with van der Waals surface area (Å²) in [6.45, 7) is -4.49. The molecule has 2 bridgehead atoms. The third-order valence-electron chi connectivity index (χ3n) is 9.72. The number of carbonyl (C=O) groups is 3. The van der Waals surface area contributed by atoms with Crippen LogP contribution in [0.3, 0.4) is 0 Å². The van der Waals surface area contributed by atoms with Crippen molar-refractivity contribution in [3.8, 4) is 0 Å². The van der Waals surface area contributed by atoms with Crippen LogP contribution in [0.2, 0.25) is 0 Å². The molecule has 4 aliphatic rings. The Bertz CT molecular complexity index is 2400. The minimum atomic E-state index is -5.25. The van der Waals surface area contributed by atoms with Crippen molar-refractivity contribution < 1.29 is 64.8 Å². The summed E-state index contributed by atoms with van der Waals surface area (Å²) in [5, 5.41) is 2.80. The lowest BCUT2D eigenvalue weighted by Gasteiger charge is -2.28. The molecule has 10 atom stereocenters. The van der Waals surface area contributed by atoms with Gasteiger partial charge in [-0.15, -0.1) is 0 Å². The van der Waals surface area contributed by atoms with E-state index in [1.54, 1.807) is 36.4 Å². The Morgan fingerprint density at radius 2 is 1.68 bits per heavy atom. The number of nitrogens with zero attached hydrogens (tertiary/aromatic N) is 5. The van der Waals surface area contributed by atoms with Crippen molar-refractivity contribution in [2.45, 2.75) is 68.3 Å². The van der Waals surface area contributed by atoms with Crippen LogP contribution in [0.1, 0.15) is 34.1 Å². The second-order valence-electron chi connectivity index (χ2n) is 13.8. The summed E-state index contributed by atoms with van der Waals surface area (Å²) in [5.41, 5.74) is 8.67. The summed E-state index contributed by atoms with van der Waals surface area (Å²) in [7, 11) is -5.25. The van der Waals surface area contributed by atoms with Gasteiger partial charge in [0.15, 0.2) is 42.0 Å². The number of allylic oxidation sites excluding steroid dienone is 1. The van der Waals surface area contributed by atoms with Crippen LogP contribution in [0.25, 0.3) is 11.2 Å². The minimum absolute atomic E-state index is 0.00404. The second kappa shape index (κ2) is 16.5. The van der Waals surface area contributed by atoms with E-state index in [0.717, 1.165) is 29.1 Å². The Balaban J connectivity index is 1.09. The average molecular weight is 878 g/mol. The number of halogens is 2. The third kappa shape index (κ3) is 8.74. The van der Waals surface area contributed by atoms with Gasteiger partial charge in [0, 0.05) is 23.2 Å². The Morgan fingerprint density at radius 1 is 0.949 bits per heavy atom. The van der Waals surface area contributed by atoms with Crippen LogP contribution < -0.4 is 11.1 Å². The van der Waals surface area contributed by atoms with Gasteiger partial charge >= 0.3 is 14.6 Å². The fourth-order valence-corrected chi connectivity index (χ4v) is 11.0. The van der Waals surface area contributed by atoms with Crippen LogP contribution in [0.15, 0.2) is 73.5 Å². The number of hydrogen-bond donors (Lipinski definition) is 3. The van der Waals surface area contributed by atoms with Gasteiger partial charge in [-0.25, -0.2) is 32.9 Å². The van der Waals surface area contributed by atoms with Gasteiger partial charge in [-0.05, 0) is 54.2 Å². The van der Waals surface area contributed by atoms with Crippen LogP contribution in [0.4, 0.5) is 20.3 Å². The molecule has 3 fully saturated rings. The molecule has 312 valence electrons. The lowest BCUT2D eigenvalue weighted by atomic mass is 10.1. The number of benzene rings is 2. The molecule has 0 radical (unpaired) electrons. The van der Waals surface area contributed by atoms with Crippen LogP contribution >= 0.6 is 26.0 Å². The van der Waals surface area contributed by atoms with Crippen LogP contribution in [-0.4, -0.2) is 103 Å². The Morgan fingerprint density at radius 3 is 2.42 bits per heavy atom. The molecule has 4 N–H and O–H groups in total. The molecule has 0 spiro atoms. The lowest BCUT2D eigenvalue weighted by Crippen LogP contribution is -2.44. The number of fused-ring (bicyclic) bond motifs is 4. The number of ketones is 1. The molecular formula is C35H35F2N7O12P2S. The molecule has 2 unspecified atom stereocenters. The summed E-state index contributed by atoms with van der Waals surface area (Å²) >= 11 is 0.628. The molecule has 4 aliphatic heterocycles. The standard InChI is InChI=1S/C35H35F2N7O12P2S/c1-18-2-6-20(7-3-18)33(47)42-21-8-4-19(5-9-21)15-59-58(50)52-14-24-29(27(37)34(54-24)43-11-10-22(45)12-25(43)46)55-57(48,49)51-13-23-26(36)30(56-58)35(53-23)44-17-41-28-31(38)39-16-40-32(28)44/h2-11,16-17,23-24,26-27,29-30,34-35H,12-15H2,1H3,(H,42,47)(H,48,49)(H2,38,39,40)/t23-,24-,26-,27-,29-,30-,34-,35-,58?/m1/s1. The largest absolute Gasteiger partial charge is 0.472 e. The van der Waals surface area contributed by atoms with Gasteiger partial charge in [0.1, 0.15) is 36.3 Å². The number of nitrogens with two attached hydrogens (primary N) is 1. The summed E-state index contributed by atoms with van der Waals surface area (Å²) in [6, 6.07) is 13.6. The molecule has 24 heteroatoms. The second-order valence-corrected chi connectivity index (χ2v) is 19.2. The van der Waals surface area contributed by atoms with Gasteiger partial charge in [0.25, 0.3) is 5.91 Å². The third-order valence-corrected chi connectivity index (χ3v) is 14.4. The first kappa shape index (κ1) is 41.3. The van der Waals surface area contributed by atoms with Crippen molar-refractivity contribution >= 4 is 66.3 Å². The number of anilines is 2. The van der Waals surface area contributed by atoms with E-state index in [1.165, 1.54) is 10.9 Å². The first-order valence-electron chi connectivity index (χ1n) is 17.9. The normalized spacial score (nSPS) is 32.6. The van der Waals surface area contributed by atoms with Crippen molar-refractivity contribution in [2.75, 3.05) is 24.3 Å². The summed E-state index contributed by atoms with van der Waals surface area (Å²) < 4.78 is 96.0. The van der Waals surface area contributed by atoms with Gasteiger partial charge in [0.05, 0.1) is 26.0 Å². The number of rotatable bonds is 7. The predicted octanol–water partition coefficient (Wildman–Crippen LogP) is 4.54. The van der Waals surface area contributed by atoms with Crippen molar-refractivity contribution in [3.63, 3.8) is 0 Å². The van der Waals surface area contributed by atoms with Crippen molar-refractivity contribution in [2.24, 2.45) is 0 Å². The lowest BCUT2D eigenvalue weighted by molar-refractivity contribution is -0.146. The molecule has 6 heterocycles. The molecule has 19 nitrogen and oxygen atoms in total. The highest BCUT2D eigenvalue weighted by atomic mass is 32.7. The molecule has 0 saturated carbocycles. The number of aryl methyl sites for hydroxylation is 1. The Hall–Kier alpha value is -4.47. The molecule has 0 aliphatic carbocycles. The van der Waals surface area contributed by atoms with Gasteiger partial charge in [-0.1, -0.05) is 29.8 Å². The number of carbonyl (C=O) groups excluding carboxylic acids is 3. The average Bonchev–Trinajstić information content (AvgIpc) is 3.86. The number of hydrogen-bond acceptors (Lipinski definition) is 16. The van der Waals surface area contributed by atoms with Crippen LogP contribution in [-0.2, 0) is 52.0 Å². The number of phosphoric ester groups is 1. The number of nitrogen functional groups attached to an aromatic ring is 1. The predicted molar refractivity (Wildman–Crippen MR) is 204 cm³/mol. The number of ether oxygens (including phenoxy) is 2. The highest BCUT2D eigenvalue weighted by molar-refractivity contribution is 8.54. The van der Waals surface area contributed by atoms with E-state index in [9.17, 15) is 28.4 Å². The first-order valence-corrected chi connectivity index (χ1v) is 22.5. The number of alkyl halides is 2. The first-order chi connectivity index (χ1) is 28.2. The molecule has 59 heavy (non-hydrogen) atoms. The number of imidazole rings is 1. The van der Waals surface area contributed by atoms with E-state index in [-0.39, 0.29) is 28.6 Å². The number of amides is 2. The molecule has 2 aromatic heterocycles. The number of aromatic nitrogens is 4. The van der Waals surface area contributed by atoms with E-state index in [0.29, 0.717) is 28.2 Å². The van der Waals surface area contributed by atoms with E-state index in [1.807, 2.05) is 19.1 Å². The molecule has 3 saturated heterocycles. The zero-order valence-corrected chi connectivity index (χ0v) is 33.3. The van der Waals surface area contributed by atoms with Gasteiger partial charge < -0.3 is 25.4 Å². The molecule has 4 aromatic rings. The van der Waals surface area contributed by atoms with E-state index < -0.39 is 95.2 Å². The monoisotopic (exact) mass is 877 g/mol. The van der Waals surface area contributed by atoms with Gasteiger partial charge in [0.2, 0.25) is 5.91 Å². The Labute approximate surface area is 337 Å². The fraction of sp³-hybridized carbons (Fsp3) is 0.371. The summed E-state index contributed by atoms with van der Waals surface area (Å²) in [4.78, 5) is 61.1. The smallest absolute Gasteiger partial charge is 0.382 e. The summed E-state index contributed by atoms with van der Waals surface area (Å²) in [5.74, 6) is -1.76. The topological polar surface area (TPSA) is 246 Å². The zero-order chi connectivity index (χ0) is 41.6. The van der Waals surface area contributed by atoms with Crippen molar-refractivity contribution in [1.82, 2.24) is 24.4 Å². The highest BCUT2D eigenvalue weighted by Crippen LogP contribution is 2.65. The van der Waals surface area contributed by atoms with Crippen LogP contribution in [0, 0.1) is 6.92 Å². The van der Waals surface area contributed by atoms with Crippen molar-refractivity contribution in [1.29, 1.82) is 0 Å². The molecule has 8 rings (SSSR count). The minimum Gasteiger partial charge on any atom is -0.382 e. The maximum absolute atomic E-state index is 16.5. The maximum Gasteiger partial charge on any atom is 0.472 e. The Kier molecular flexibility index (Phi) is 11.6. The quantitative estimate of drug-likeness (QED) is 0.170. The van der Waals surface area contributed by atoms with Gasteiger partial charge in [-0.2, -0.15) is 0 Å². The fourth-order valence-electron chi connectivity index (χ4n) is 6.68. The maximum atomic E-state index is 16.5. The van der Waals surface area contributed by atoms with E-state index >= 15 is 8.78 Å². The summed E-state index contributed by atoms with van der Waals surface area (Å²) in [6.07, 6.45) is -11.0. The molecule has 2 aromatic carbocycles. The number of phosphoric acid groups is 1. The zero-order valence-electron chi connectivity index (χ0n) is 30.7. The van der Waals surface area contributed by atoms with E-state index in [2.05, 4.69) is 20.3 Å². The van der Waals surface area contributed by atoms with Crippen LogP contribution in [0.5, 0.6) is 0 Å². The van der Waals surface area contributed by atoms with Crippen molar-refractivity contribution in [3.05, 3.63) is 90.2 Å². The van der Waals surface area contributed by atoms with E-state index in [4.69, 9.17) is 33.3 Å². The highest BCUT2D eigenvalue weighted by Gasteiger charge is 2.56. The SMILES string of the molecule is Cc1ccc(C(=O)Nc2ccc(CSP3(=O)OC[C@H]4O[C@@H](N5C=CC(=O)CC5=O)[C@H](F)[C@@H]4OP(=O)(O)OC[C@H]4O[C@@H](n5cnc6c(N)ncnc65)[C@H](O3)[C@@H]4F)cc2)cc1. The van der Waals surface area contributed by atoms with Gasteiger partial charge in [-0.3, -0.25) is 41.9 Å².